The monoisotopic (exact) mass is 382 g/mol. The lowest BCUT2D eigenvalue weighted by atomic mass is 10.1. The molecule has 0 aliphatic carbocycles. The van der Waals surface area contributed by atoms with Crippen molar-refractivity contribution in [3.63, 3.8) is 0 Å². The number of thiophene rings is 1. The number of methoxy groups -OCH3 is 1. The first-order valence-corrected chi connectivity index (χ1v) is 10.3. The first kappa shape index (κ1) is 18.0. The summed E-state index contributed by atoms with van der Waals surface area (Å²) in [6.45, 7) is 10.4. The normalized spacial score (nSPS) is 14.8. The van der Waals surface area contributed by atoms with E-state index in [1.54, 1.807) is 18.4 Å². The summed E-state index contributed by atoms with van der Waals surface area (Å²) < 4.78 is 5.27. The van der Waals surface area contributed by atoms with E-state index in [4.69, 9.17) is 14.7 Å². The third kappa shape index (κ3) is 3.34. The van der Waals surface area contributed by atoms with Gasteiger partial charge in [-0.1, -0.05) is 6.92 Å². The molecular weight excluding hydrogens is 356 g/mol. The average Bonchev–Trinajstić information content (AvgIpc) is 3.01. The first-order chi connectivity index (χ1) is 13.1. The highest BCUT2D eigenvalue weighted by Gasteiger charge is 2.23. The summed E-state index contributed by atoms with van der Waals surface area (Å²) in [5, 5.41) is 1.24. The Morgan fingerprint density at radius 1 is 1.00 bits per heavy atom. The molecule has 27 heavy (non-hydrogen) atoms. The van der Waals surface area contributed by atoms with Crippen LogP contribution in [0, 0.1) is 13.8 Å². The highest BCUT2D eigenvalue weighted by molar-refractivity contribution is 7.18. The van der Waals surface area contributed by atoms with Crippen molar-refractivity contribution in [1.82, 2.24) is 9.97 Å². The molecule has 0 radical (unpaired) electrons. The fraction of sp³-hybridized carbons (Fsp3) is 0.429. The first-order valence-electron chi connectivity index (χ1n) is 9.51. The number of aromatic nitrogens is 2. The Labute approximate surface area is 164 Å². The highest BCUT2D eigenvalue weighted by Crippen LogP contribution is 2.35. The quantitative estimate of drug-likeness (QED) is 0.676. The van der Waals surface area contributed by atoms with Gasteiger partial charge in [0.05, 0.1) is 12.5 Å². The Bertz CT molecular complexity index is 943. The molecule has 0 saturated carbocycles. The predicted octanol–water partition coefficient (Wildman–Crippen LogP) is 4.21. The minimum absolute atomic E-state index is 0.866. The molecule has 1 fully saturated rings. The van der Waals surface area contributed by atoms with Gasteiger partial charge in [0.1, 0.15) is 22.2 Å². The molecule has 0 N–H and O–H groups in total. The molecule has 6 heteroatoms. The number of piperazine rings is 1. The summed E-state index contributed by atoms with van der Waals surface area (Å²) in [4.78, 5) is 17.0. The number of hydrogen-bond donors (Lipinski definition) is 0. The molecule has 5 nitrogen and oxygen atoms in total. The van der Waals surface area contributed by atoms with Crippen LogP contribution in [-0.4, -0.2) is 43.3 Å². The van der Waals surface area contributed by atoms with E-state index in [1.165, 1.54) is 21.5 Å². The van der Waals surface area contributed by atoms with Gasteiger partial charge in [0, 0.05) is 43.2 Å². The molecular formula is C21H26N4OS. The zero-order valence-electron chi connectivity index (χ0n) is 16.5. The van der Waals surface area contributed by atoms with Crippen LogP contribution in [-0.2, 0) is 6.42 Å². The molecule has 2 aromatic heterocycles. The van der Waals surface area contributed by atoms with Crippen molar-refractivity contribution in [2.75, 3.05) is 43.1 Å². The zero-order chi connectivity index (χ0) is 19.0. The van der Waals surface area contributed by atoms with Crippen LogP contribution >= 0.6 is 11.3 Å². The van der Waals surface area contributed by atoms with Gasteiger partial charge in [-0.25, -0.2) is 9.97 Å². The Morgan fingerprint density at radius 2 is 1.67 bits per heavy atom. The van der Waals surface area contributed by atoms with Gasteiger partial charge in [0.25, 0.3) is 0 Å². The van der Waals surface area contributed by atoms with Gasteiger partial charge in [-0.15, -0.1) is 11.3 Å². The summed E-state index contributed by atoms with van der Waals surface area (Å²) in [6, 6.07) is 8.33. The van der Waals surface area contributed by atoms with E-state index in [1.807, 2.05) is 12.1 Å². The third-order valence-corrected chi connectivity index (χ3v) is 6.49. The maximum absolute atomic E-state index is 5.27. The van der Waals surface area contributed by atoms with Crippen LogP contribution in [0.5, 0.6) is 5.75 Å². The Kier molecular flexibility index (Phi) is 4.91. The molecule has 3 heterocycles. The van der Waals surface area contributed by atoms with Gasteiger partial charge >= 0.3 is 0 Å². The molecule has 1 aromatic carbocycles. The number of aryl methyl sites for hydroxylation is 3. The molecule has 4 rings (SSSR count). The molecule has 3 aromatic rings. The minimum Gasteiger partial charge on any atom is -0.497 e. The summed E-state index contributed by atoms with van der Waals surface area (Å²) in [7, 11) is 1.70. The molecule has 0 spiro atoms. The third-order valence-electron chi connectivity index (χ3n) is 5.39. The minimum atomic E-state index is 0.866. The van der Waals surface area contributed by atoms with Crippen molar-refractivity contribution in [3.05, 3.63) is 40.5 Å². The molecule has 1 aliphatic rings. The Hall–Kier alpha value is -2.34. The van der Waals surface area contributed by atoms with E-state index in [2.05, 4.69) is 42.7 Å². The van der Waals surface area contributed by atoms with Crippen LogP contribution in [0.2, 0.25) is 0 Å². The highest BCUT2D eigenvalue weighted by atomic mass is 32.1. The van der Waals surface area contributed by atoms with E-state index in [9.17, 15) is 0 Å². The van der Waals surface area contributed by atoms with Crippen LogP contribution in [0.15, 0.2) is 24.3 Å². The van der Waals surface area contributed by atoms with Crippen molar-refractivity contribution in [2.45, 2.75) is 27.2 Å². The average molecular weight is 383 g/mol. The molecule has 1 aliphatic heterocycles. The van der Waals surface area contributed by atoms with Crippen LogP contribution in [0.4, 0.5) is 11.5 Å². The number of fused-ring (bicyclic) bond motifs is 1. The summed E-state index contributed by atoms with van der Waals surface area (Å²) in [5.74, 6) is 2.96. The van der Waals surface area contributed by atoms with Crippen LogP contribution in [0.1, 0.15) is 23.2 Å². The van der Waals surface area contributed by atoms with E-state index >= 15 is 0 Å². The maximum Gasteiger partial charge on any atom is 0.141 e. The van der Waals surface area contributed by atoms with E-state index < -0.39 is 0 Å². The topological polar surface area (TPSA) is 41.5 Å². The summed E-state index contributed by atoms with van der Waals surface area (Å²) >= 11 is 1.79. The second-order valence-electron chi connectivity index (χ2n) is 6.95. The van der Waals surface area contributed by atoms with Gasteiger partial charge in [0.15, 0.2) is 0 Å². The van der Waals surface area contributed by atoms with Crippen molar-refractivity contribution in [1.29, 1.82) is 0 Å². The van der Waals surface area contributed by atoms with Crippen LogP contribution < -0.4 is 14.5 Å². The number of ether oxygens (including phenoxy) is 1. The number of benzene rings is 1. The van der Waals surface area contributed by atoms with Gasteiger partial charge in [-0.2, -0.15) is 0 Å². The standard InChI is InChI=1S/C21H26N4OS/c1-5-18-22-20(19-14(2)15(3)27-21(19)23-18)25-12-10-24(11-13-25)16-6-8-17(26-4)9-7-16/h6-9H,5,10-13H2,1-4H3. The Morgan fingerprint density at radius 3 is 2.30 bits per heavy atom. The second kappa shape index (κ2) is 7.35. The number of nitrogens with zero attached hydrogens (tertiary/aromatic N) is 4. The lowest BCUT2D eigenvalue weighted by Crippen LogP contribution is -2.47. The van der Waals surface area contributed by atoms with Crippen LogP contribution in [0.3, 0.4) is 0 Å². The largest absolute Gasteiger partial charge is 0.497 e. The van der Waals surface area contributed by atoms with Gasteiger partial charge in [-0.3, -0.25) is 0 Å². The number of anilines is 2. The molecule has 142 valence electrons. The van der Waals surface area contributed by atoms with Crippen LogP contribution in [0.25, 0.3) is 10.2 Å². The molecule has 1 saturated heterocycles. The lowest BCUT2D eigenvalue weighted by molar-refractivity contribution is 0.415. The predicted molar refractivity (Wildman–Crippen MR) is 114 cm³/mol. The van der Waals surface area contributed by atoms with E-state index in [0.29, 0.717) is 0 Å². The zero-order valence-corrected chi connectivity index (χ0v) is 17.3. The van der Waals surface area contributed by atoms with Crippen molar-refractivity contribution < 1.29 is 4.74 Å². The molecule has 0 amide bonds. The van der Waals surface area contributed by atoms with Crippen molar-refractivity contribution >= 4 is 33.1 Å². The Balaban J connectivity index is 1.59. The van der Waals surface area contributed by atoms with Gasteiger partial charge in [0.2, 0.25) is 0 Å². The van der Waals surface area contributed by atoms with Crippen molar-refractivity contribution in [3.8, 4) is 5.75 Å². The molecule has 0 bridgehead atoms. The summed E-state index contributed by atoms with van der Waals surface area (Å²) in [6.07, 6.45) is 0.866. The smallest absolute Gasteiger partial charge is 0.141 e. The van der Waals surface area contributed by atoms with Crippen molar-refractivity contribution in [2.24, 2.45) is 0 Å². The second-order valence-corrected chi connectivity index (χ2v) is 8.16. The van der Waals surface area contributed by atoms with E-state index in [0.717, 1.165) is 54.8 Å². The number of rotatable bonds is 4. The molecule has 0 atom stereocenters. The fourth-order valence-corrected chi connectivity index (χ4v) is 4.67. The molecule has 0 unspecified atom stereocenters. The number of hydrogen-bond acceptors (Lipinski definition) is 6. The van der Waals surface area contributed by atoms with Gasteiger partial charge < -0.3 is 14.5 Å². The lowest BCUT2D eigenvalue weighted by Gasteiger charge is -2.37. The fourth-order valence-electron chi connectivity index (χ4n) is 3.63. The maximum atomic E-state index is 5.27. The van der Waals surface area contributed by atoms with Gasteiger partial charge in [-0.05, 0) is 43.7 Å². The summed E-state index contributed by atoms with van der Waals surface area (Å²) in [5.41, 5.74) is 2.57. The SMILES string of the molecule is CCc1nc(N2CCN(c3ccc(OC)cc3)CC2)c2c(C)c(C)sc2n1. The van der Waals surface area contributed by atoms with E-state index in [-0.39, 0.29) is 0 Å².